The topological polar surface area (TPSA) is 23.8 Å². The van der Waals surface area contributed by atoms with E-state index in [2.05, 4.69) is 42.5 Å². The van der Waals surface area contributed by atoms with E-state index in [-0.39, 0.29) is 5.92 Å². The van der Waals surface area contributed by atoms with E-state index in [1.54, 1.807) is 0 Å². The van der Waals surface area contributed by atoms with E-state index < -0.39 is 0 Å². The van der Waals surface area contributed by atoms with Crippen molar-refractivity contribution in [3.63, 3.8) is 0 Å². The zero-order chi connectivity index (χ0) is 11.2. The number of nitriles is 1. The van der Waals surface area contributed by atoms with Gasteiger partial charge in [0.1, 0.15) is 0 Å². The number of fused-ring (bicyclic) bond motifs is 8. The van der Waals surface area contributed by atoms with Gasteiger partial charge in [0.2, 0.25) is 0 Å². The molecule has 16 heavy (non-hydrogen) atoms. The summed E-state index contributed by atoms with van der Waals surface area (Å²) in [5.41, 5.74) is 2.77. The number of nitrogens with zero attached hydrogens (tertiary/aromatic N) is 1. The molecule has 2 aliphatic carbocycles. The van der Waals surface area contributed by atoms with Gasteiger partial charge in [0.25, 0.3) is 0 Å². The summed E-state index contributed by atoms with van der Waals surface area (Å²) >= 11 is 0. The van der Waals surface area contributed by atoms with Gasteiger partial charge in [-0.1, -0.05) is 36.4 Å². The van der Waals surface area contributed by atoms with E-state index in [1.165, 1.54) is 17.5 Å². The molecule has 3 rings (SSSR count). The maximum Gasteiger partial charge on any atom is 0.0697 e. The summed E-state index contributed by atoms with van der Waals surface area (Å²) in [6, 6.07) is 11.2. The molecule has 2 aliphatic rings. The van der Waals surface area contributed by atoms with E-state index in [4.69, 9.17) is 5.26 Å². The molecule has 2 bridgehead atoms. The summed E-state index contributed by atoms with van der Waals surface area (Å²) < 4.78 is 0. The first-order valence-corrected chi connectivity index (χ1v) is 6.02. The first-order chi connectivity index (χ1) is 7.88. The van der Waals surface area contributed by atoms with Gasteiger partial charge in [0.05, 0.1) is 12.0 Å². The van der Waals surface area contributed by atoms with Crippen LogP contribution in [0.15, 0.2) is 36.4 Å². The third kappa shape index (κ3) is 2.97. The van der Waals surface area contributed by atoms with Crippen LogP contribution in [0.5, 0.6) is 0 Å². The third-order valence-electron chi connectivity index (χ3n) is 3.14. The molecule has 1 atom stereocenters. The lowest BCUT2D eigenvalue weighted by Gasteiger charge is -2.07. The predicted molar refractivity (Wildman–Crippen MR) is 65.9 cm³/mol. The molecule has 0 spiro atoms. The van der Waals surface area contributed by atoms with Crippen molar-refractivity contribution in [2.24, 2.45) is 5.92 Å². The molecule has 0 saturated heterocycles. The lowest BCUT2D eigenvalue weighted by Crippen LogP contribution is -1.97. The summed E-state index contributed by atoms with van der Waals surface area (Å²) in [5, 5.41) is 9.01. The molecule has 0 aliphatic heterocycles. The monoisotopic (exact) mass is 211 g/mol. The minimum Gasteiger partial charge on any atom is -0.198 e. The van der Waals surface area contributed by atoms with Gasteiger partial charge in [-0.3, -0.25) is 0 Å². The molecule has 1 aromatic carbocycles. The lowest BCUT2D eigenvalue weighted by atomic mass is 9.97. The van der Waals surface area contributed by atoms with Gasteiger partial charge in [-0.25, -0.2) is 0 Å². The lowest BCUT2D eigenvalue weighted by molar-refractivity contribution is 0.711. The van der Waals surface area contributed by atoms with E-state index in [0.717, 1.165) is 25.7 Å². The molecular formula is C15H17N. The summed E-state index contributed by atoms with van der Waals surface area (Å²) in [6.07, 6.45) is 9.58. The van der Waals surface area contributed by atoms with Gasteiger partial charge < -0.3 is 0 Å². The number of aryl methyl sites for hydroxylation is 2. The quantitative estimate of drug-likeness (QED) is 0.601. The van der Waals surface area contributed by atoms with Crippen molar-refractivity contribution >= 4 is 0 Å². The zero-order valence-corrected chi connectivity index (χ0v) is 9.52. The molecule has 0 fully saturated rings. The fraction of sp³-hybridized carbons (Fsp3) is 0.400. The van der Waals surface area contributed by atoms with E-state index in [9.17, 15) is 0 Å². The number of rotatable bonds is 0. The molecule has 0 N–H and O–H groups in total. The average Bonchev–Trinajstić information content (AvgIpc) is 2.31. The fourth-order valence-electron chi connectivity index (χ4n) is 2.08. The molecule has 1 heteroatoms. The fourth-order valence-corrected chi connectivity index (χ4v) is 2.08. The van der Waals surface area contributed by atoms with Crippen molar-refractivity contribution in [3.05, 3.63) is 47.5 Å². The Balaban J connectivity index is 2.14. The minimum absolute atomic E-state index is 0.0825. The van der Waals surface area contributed by atoms with Crippen molar-refractivity contribution in [2.45, 2.75) is 32.1 Å². The molecule has 0 amide bonds. The SMILES string of the molecule is N#CC1/C=C/CCCc2ccc(cc2)CC1. The van der Waals surface area contributed by atoms with E-state index in [0.29, 0.717) is 0 Å². The summed E-state index contributed by atoms with van der Waals surface area (Å²) in [4.78, 5) is 0. The molecule has 0 radical (unpaired) electrons. The Morgan fingerprint density at radius 3 is 2.44 bits per heavy atom. The number of hydrogen-bond donors (Lipinski definition) is 0. The standard InChI is InChI=1S/C15H17N/c16-12-15-5-3-1-2-4-13-6-8-14(9-7-13)10-11-15/h3,5-9,15H,1-2,4,10-11H2/b5-3+. The van der Waals surface area contributed by atoms with Crippen LogP contribution in [-0.2, 0) is 12.8 Å². The normalized spacial score (nSPS) is 22.8. The Morgan fingerprint density at radius 1 is 1.06 bits per heavy atom. The van der Waals surface area contributed by atoms with Crippen LogP contribution in [0, 0.1) is 17.2 Å². The van der Waals surface area contributed by atoms with Crippen molar-refractivity contribution in [2.75, 3.05) is 0 Å². The van der Waals surface area contributed by atoms with Gasteiger partial charge in [-0.15, -0.1) is 0 Å². The van der Waals surface area contributed by atoms with Gasteiger partial charge in [0.15, 0.2) is 0 Å². The highest BCUT2D eigenvalue weighted by molar-refractivity contribution is 5.23. The van der Waals surface area contributed by atoms with Gasteiger partial charge in [-0.05, 0) is 43.2 Å². The number of hydrogen-bond acceptors (Lipinski definition) is 1. The minimum atomic E-state index is 0.0825. The Bertz CT molecular complexity index is 394. The van der Waals surface area contributed by atoms with Crippen LogP contribution < -0.4 is 0 Å². The average molecular weight is 211 g/mol. The summed E-state index contributed by atoms with van der Waals surface area (Å²) in [5.74, 6) is 0.0825. The van der Waals surface area contributed by atoms with Crippen molar-refractivity contribution in [1.82, 2.24) is 0 Å². The van der Waals surface area contributed by atoms with Crippen LogP contribution in [0.25, 0.3) is 0 Å². The number of benzene rings is 1. The zero-order valence-electron chi connectivity index (χ0n) is 9.52. The number of allylic oxidation sites excluding steroid dienone is 2. The maximum atomic E-state index is 9.01. The van der Waals surface area contributed by atoms with E-state index >= 15 is 0 Å². The second-order valence-electron chi connectivity index (χ2n) is 4.41. The largest absolute Gasteiger partial charge is 0.198 e. The van der Waals surface area contributed by atoms with Crippen LogP contribution in [-0.4, -0.2) is 0 Å². The molecule has 1 nitrogen and oxygen atoms in total. The predicted octanol–water partition coefficient (Wildman–Crippen LogP) is 3.65. The smallest absolute Gasteiger partial charge is 0.0697 e. The Labute approximate surface area is 97.4 Å². The van der Waals surface area contributed by atoms with Crippen molar-refractivity contribution in [1.29, 1.82) is 5.26 Å². The van der Waals surface area contributed by atoms with Crippen LogP contribution in [0.4, 0.5) is 0 Å². The van der Waals surface area contributed by atoms with Gasteiger partial charge >= 0.3 is 0 Å². The van der Waals surface area contributed by atoms with Crippen molar-refractivity contribution in [3.8, 4) is 6.07 Å². The Kier molecular flexibility index (Phi) is 3.77. The highest BCUT2D eigenvalue weighted by atomic mass is 14.3. The first kappa shape index (κ1) is 11.0. The van der Waals surface area contributed by atoms with Gasteiger partial charge in [-0.2, -0.15) is 5.26 Å². The first-order valence-electron chi connectivity index (χ1n) is 6.02. The van der Waals surface area contributed by atoms with Crippen LogP contribution in [0.1, 0.15) is 30.4 Å². The summed E-state index contributed by atoms with van der Waals surface area (Å²) in [7, 11) is 0. The molecule has 1 unspecified atom stereocenters. The molecule has 0 aromatic heterocycles. The third-order valence-corrected chi connectivity index (χ3v) is 3.14. The van der Waals surface area contributed by atoms with Gasteiger partial charge in [0, 0.05) is 0 Å². The second kappa shape index (κ2) is 5.51. The molecule has 82 valence electrons. The molecule has 0 heterocycles. The Hall–Kier alpha value is -1.55. The maximum absolute atomic E-state index is 9.01. The molecule has 1 aromatic rings. The molecule has 0 saturated carbocycles. The summed E-state index contributed by atoms with van der Waals surface area (Å²) in [6.45, 7) is 0. The van der Waals surface area contributed by atoms with Crippen LogP contribution in [0.3, 0.4) is 0 Å². The second-order valence-corrected chi connectivity index (χ2v) is 4.41. The Morgan fingerprint density at radius 2 is 1.75 bits per heavy atom. The van der Waals surface area contributed by atoms with Crippen molar-refractivity contribution < 1.29 is 0 Å². The highest BCUT2D eigenvalue weighted by Crippen LogP contribution is 2.15. The van der Waals surface area contributed by atoms with E-state index in [1.807, 2.05) is 0 Å². The van der Waals surface area contributed by atoms with Crippen LogP contribution in [0.2, 0.25) is 0 Å². The molecular weight excluding hydrogens is 194 g/mol. The highest BCUT2D eigenvalue weighted by Gasteiger charge is 2.04. The van der Waals surface area contributed by atoms with Crippen LogP contribution >= 0.6 is 0 Å².